The summed E-state index contributed by atoms with van der Waals surface area (Å²) in [4.78, 5) is 0.559. The van der Waals surface area contributed by atoms with Gasteiger partial charge in [0.2, 0.25) is 0 Å². The van der Waals surface area contributed by atoms with Gasteiger partial charge < -0.3 is 10.5 Å². The molecule has 0 aliphatic heterocycles. The molecule has 0 amide bonds. The van der Waals surface area contributed by atoms with Crippen LogP contribution in [0.15, 0.2) is 24.3 Å². The highest BCUT2D eigenvalue weighted by Gasteiger charge is 2.08. The minimum absolute atomic E-state index is 0.529. The van der Waals surface area contributed by atoms with Gasteiger partial charge in [-0.25, -0.2) is 0 Å². The normalized spacial score (nSPS) is 12.1. The van der Waals surface area contributed by atoms with E-state index in [1.54, 1.807) is 0 Å². The molecule has 2 N–H and O–H groups in total. The number of thiocarbonyl (C=S) groups is 1. The molecule has 1 atom stereocenters. The Labute approximate surface area is 109 Å². The van der Waals surface area contributed by atoms with E-state index in [4.69, 9.17) is 22.7 Å². The lowest BCUT2D eigenvalue weighted by Crippen LogP contribution is -2.10. The molecule has 94 valence electrons. The van der Waals surface area contributed by atoms with Gasteiger partial charge in [0.05, 0.1) is 11.6 Å². The second kappa shape index (κ2) is 7.28. The fourth-order valence-electron chi connectivity index (χ4n) is 1.67. The molecule has 17 heavy (non-hydrogen) atoms. The van der Waals surface area contributed by atoms with E-state index >= 15 is 0 Å². The van der Waals surface area contributed by atoms with Crippen molar-refractivity contribution in [3.63, 3.8) is 0 Å². The average Bonchev–Trinajstić information content (AvgIpc) is 2.34. The van der Waals surface area contributed by atoms with E-state index in [2.05, 4.69) is 26.0 Å². The minimum Gasteiger partial charge on any atom is -0.493 e. The number of nitrogens with two attached hydrogens (primary N) is 1. The van der Waals surface area contributed by atoms with E-state index in [1.165, 1.54) is 5.56 Å². The number of ether oxygens (including phenoxy) is 1. The Balaban J connectivity index is 2.55. The number of benzene rings is 1. The molecule has 1 unspecified atom stereocenters. The van der Waals surface area contributed by atoms with Gasteiger partial charge in [0.15, 0.2) is 0 Å². The van der Waals surface area contributed by atoms with E-state index < -0.39 is 0 Å². The van der Waals surface area contributed by atoms with Crippen molar-refractivity contribution in [1.82, 2.24) is 0 Å². The van der Waals surface area contributed by atoms with Crippen molar-refractivity contribution in [2.24, 2.45) is 5.73 Å². The van der Waals surface area contributed by atoms with E-state index in [1.807, 2.05) is 12.1 Å². The van der Waals surface area contributed by atoms with Gasteiger partial charge in [0.25, 0.3) is 0 Å². The summed E-state index contributed by atoms with van der Waals surface area (Å²) in [7, 11) is 0. The fraction of sp³-hybridized carbons (Fsp3) is 0.500. The van der Waals surface area contributed by atoms with Crippen molar-refractivity contribution in [2.75, 3.05) is 6.61 Å². The van der Waals surface area contributed by atoms with E-state index in [9.17, 15) is 0 Å². The van der Waals surface area contributed by atoms with Gasteiger partial charge in [-0.1, -0.05) is 44.3 Å². The van der Waals surface area contributed by atoms with Crippen molar-refractivity contribution in [1.29, 1.82) is 0 Å². The van der Waals surface area contributed by atoms with Crippen LogP contribution in [0.3, 0.4) is 0 Å². The summed E-state index contributed by atoms with van der Waals surface area (Å²) in [6, 6.07) is 8.23. The van der Waals surface area contributed by atoms with E-state index in [-0.39, 0.29) is 0 Å². The van der Waals surface area contributed by atoms with Crippen LogP contribution >= 0.6 is 12.2 Å². The van der Waals surface area contributed by atoms with Gasteiger partial charge >= 0.3 is 0 Å². The lowest BCUT2D eigenvalue weighted by atomic mass is 9.98. The Bertz CT molecular complexity index is 365. The number of rotatable bonds is 7. The van der Waals surface area contributed by atoms with E-state index in [0.717, 1.165) is 25.0 Å². The smallest absolute Gasteiger partial charge is 0.122 e. The predicted octanol–water partition coefficient (Wildman–Crippen LogP) is 3.65. The molecular weight excluding hydrogens is 230 g/mol. The second-order valence-electron chi connectivity index (χ2n) is 4.27. The van der Waals surface area contributed by atoms with Crippen LogP contribution in [0.5, 0.6) is 5.75 Å². The first-order valence-corrected chi connectivity index (χ1v) is 6.56. The molecule has 1 rings (SSSR count). The van der Waals surface area contributed by atoms with Crippen LogP contribution < -0.4 is 10.5 Å². The van der Waals surface area contributed by atoms with Crippen molar-refractivity contribution in [3.05, 3.63) is 29.8 Å². The van der Waals surface area contributed by atoms with Gasteiger partial charge in [-0.2, -0.15) is 0 Å². The molecule has 0 saturated carbocycles. The van der Waals surface area contributed by atoms with Gasteiger partial charge in [-0.05, 0) is 30.4 Å². The Hall–Kier alpha value is -1.09. The van der Waals surface area contributed by atoms with Crippen LogP contribution in [0.2, 0.25) is 0 Å². The summed E-state index contributed by atoms with van der Waals surface area (Å²) in [6.07, 6.45) is 2.75. The number of hydrogen-bond donors (Lipinski definition) is 1. The molecule has 0 aliphatic carbocycles. The standard InChI is InChI=1S/C14H21NOS/c1-3-11(2)12-7-4-5-8-13(12)16-10-6-9-14(15)17/h4-5,7-8,11H,3,6,9-10H2,1-2H3,(H2,15,17). The monoisotopic (exact) mass is 251 g/mol. The van der Waals surface area contributed by atoms with Crippen LogP contribution in [-0.4, -0.2) is 11.6 Å². The molecule has 2 nitrogen and oxygen atoms in total. The van der Waals surface area contributed by atoms with Gasteiger partial charge in [0.1, 0.15) is 5.75 Å². The first-order chi connectivity index (χ1) is 8.15. The maximum Gasteiger partial charge on any atom is 0.122 e. The van der Waals surface area contributed by atoms with Crippen LogP contribution in [0.25, 0.3) is 0 Å². The topological polar surface area (TPSA) is 35.2 Å². The summed E-state index contributed by atoms with van der Waals surface area (Å²) in [5.41, 5.74) is 6.73. The Kier molecular flexibility index (Phi) is 5.98. The zero-order valence-corrected chi connectivity index (χ0v) is 11.4. The molecule has 0 bridgehead atoms. The Morgan fingerprint density at radius 3 is 2.76 bits per heavy atom. The van der Waals surface area contributed by atoms with Crippen LogP contribution in [0.4, 0.5) is 0 Å². The average molecular weight is 251 g/mol. The van der Waals surface area contributed by atoms with E-state index in [0.29, 0.717) is 17.5 Å². The molecule has 0 heterocycles. The molecule has 0 radical (unpaired) electrons. The summed E-state index contributed by atoms with van der Waals surface area (Å²) in [5.74, 6) is 1.52. The van der Waals surface area contributed by atoms with Crippen molar-refractivity contribution in [3.8, 4) is 5.75 Å². The molecule has 0 aliphatic rings. The third kappa shape index (κ3) is 4.73. The Morgan fingerprint density at radius 1 is 1.41 bits per heavy atom. The number of hydrogen-bond acceptors (Lipinski definition) is 2. The highest BCUT2D eigenvalue weighted by atomic mass is 32.1. The molecule has 0 saturated heterocycles. The lowest BCUT2D eigenvalue weighted by molar-refractivity contribution is 0.308. The molecule has 1 aromatic carbocycles. The SMILES string of the molecule is CCC(C)c1ccccc1OCCCC(N)=S. The van der Waals surface area contributed by atoms with Crippen molar-refractivity contribution in [2.45, 2.75) is 39.0 Å². The summed E-state index contributed by atoms with van der Waals surface area (Å²) in [6.45, 7) is 5.08. The fourth-order valence-corrected chi connectivity index (χ4v) is 1.81. The summed E-state index contributed by atoms with van der Waals surface area (Å²) in [5, 5.41) is 0. The second-order valence-corrected chi connectivity index (χ2v) is 4.79. The highest BCUT2D eigenvalue weighted by Crippen LogP contribution is 2.28. The third-order valence-corrected chi connectivity index (χ3v) is 3.09. The molecule has 1 aromatic rings. The zero-order valence-electron chi connectivity index (χ0n) is 10.6. The molecule has 0 fully saturated rings. The lowest BCUT2D eigenvalue weighted by Gasteiger charge is -2.15. The summed E-state index contributed by atoms with van der Waals surface area (Å²) >= 11 is 4.83. The van der Waals surface area contributed by atoms with Crippen LogP contribution in [0.1, 0.15) is 44.6 Å². The third-order valence-electron chi connectivity index (χ3n) is 2.89. The maximum absolute atomic E-state index is 5.80. The Morgan fingerprint density at radius 2 is 2.12 bits per heavy atom. The van der Waals surface area contributed by atoms with Gasteiger partial charge in [-0.15, -0.1) is 0 Å². The first-order valence-electron chi connectivity index (χ1n) is 6.15. The first kappa shape index (κ1) is 14.0. The molecule has 0 spiro atoms. The largest absolute Gasteiger partial charge is 0.493 e. The zero-order chi connectivity index (χ0) is 12.7. The van der Waals surface area contributed by atoms with Crippen LogP contribution in [-0.2, 0) is 0 Å². The number of para-hydroxylation sites is 1. The molecule has 3 heteroatoms. The minimum atomic E-state index is 0.529. The highest BCUT2D eigenvalue weighted by molar-refractivity contribution is 7.80. The maximum atomic E-state index is 5.80. The molecule has 0 aromatic heterocycles. The predicted molar refractivity (Wildman–Crippen MR) is 76.7 cm³/mol. The molecular formula is C14H21NOS. The van der Waals surface area contributed by atoms with Crippen molar-refractivity contribution < 1.29 is 4.74 Å². The van der Waals surface area contributed by atoms with Gasteiger partial charge in [-0.3, -0.25) is 0 Å². The van der Waals surface area contributed by atoms with Crippen LogP contribution in [0, 0.1) is 0 Å². The summed E-state index contributed by atoms with van der Waals surface area (Å²) < 4.78 is 5.80. The quantitative estimate of drug-likeness (QED) is 0.593. The van der Waals surface area contributed by atoms with Gasteiger partial charge in [0, 0.05) is 6.42 Å². The van der Waals surface area contributed by atoms with Crippen molar-refractivity contribution >= 4 is 17.2 Å².